The van der Waals surface area contributed by atoms with Gasteiger partial charge in [0.05, 0.1) is 12.1 Å². The molecule has 0 aromatic carbocycles. The Balaban J connectivity index is 2.59. The van der Waals surface area contributed by atoms with Gasteiger partial charge in [0.1, 0.15) is 0 Å². The van der Waals surface area contributed by atoms with Gasteiger partial charge < -0.3 is 4.74 Å². The van der Waals surface area contributed by atoms with Crippen LogP contribution in [-0.2, 0) is 4.74 Å². The van der Waals surface area contributed by atoms with Crippen molar-refractivity contribution in [3.63, 3.8) is 0 Å². The molecule has 1 rings (SSSR count). The SMILES string of the molecule is CCC(CC)C(NN)C1OCCC1C. The monoisotopic (exact) mass is 200 g/mol. The number of nitrogens with two attached hydrogens (primary N) is 1. The van der Waals surface area contributed by atoms with Crippen molar-refractivity contribution in [3.05, 3.63) is 0 Å². The molecule has 3 nitrogen and oxygen atoms in total. The Morgan fingerprint density at radius 3 is 2.43 bits per heavy atom. The average Bonchev–Trinajstić information content (AvgIpc) is 2.61. The van der Waals surface area contributed by atoms with Gasteiger partial charge in [-0.05, 0) is 18.3 Å². The smallest absolute Gasteiger partial charge is 0.0770 e. The summed E-state index contributed by atoms with van der Waals surface area (Å²) >= 11 is 0. The molecule has 0 bridgehead atoms. The lowest BCUT2D eigenvalue weighted by atomic mass is 9.86. The van der Waals surface area contributed by atoms with Crippen molar-refractivity contribution in [3.8, 4) is 0 Å². The number of hydrazine groups is 1. The molecule has 1 aliphatic rings. The van der Waals surface area contributed by atoms with Gasteiger partial charge in [0.2, 0.25) is 0 Å². The number of hydrogen-bond donors (Lipinski definition) is 2. The van der Waals surface area contributed by atoms with Gasteiger partial charge in [0, 0.05) is 6.61 Å². The first-order chi connectivity index (χ1) is 6.74. The molecule has 1 heterocycles. The van der Waals surface area contributed by atoms with E-state index in [1.54, 1.807) is 0 Å². The van der Waals surface area contributed by atoms with E-state index < -0.39 is 0 Å². The molecule has 1 saturated heterocycles. The number of rotatable bonds is 5. The summed E-state index contributed by atoms with van der Waals surface area (Å²) in [5, 5.41) is 0. The summed E-state index contributed by atoms with van der Waals surface area (Å²) in [4.78, 5) is 0. The molecule has 0 aromatic heterocycles. The molecular weight excluding hydrogens is 176 g/mol. The Morgan fingerprint density at radius 2 is 2.07 bits per heavy atom. The van der Waals surface area contributed by atoms with Crippen LogP contribution in [0.2, 0.25) is 0 Å². The Labute approximate surface area is 87.4 Å². The van der Waals surface area contributed by atoms with Crippen LogP contribution in [0, 0.1) is 11.8 Å². The van der Waals surface area contributed by atoms with Gasteiger partial charge in [-0.3, -0.25) is 11.3 Å². The predicted molar refractivity (Wildman–Crippen MR) is 58.7 cm³/mol. The van der Waals surface area contributed by atoms with Crippen LogP contribution in [0.5, 0.6) is 0 Å². The quantitative estimate of drug-likeness (QED) is 0.524. The van der Waals surface area contributed by atoms with Crippen LogP contribution < -0.4 is 11.3 Å². The fourth-order valence-corrected chi connectivity index (χ4v) is 2.47. The van der Waals surface area contributed by atoms with E-state index in [2.05, 4.69) is 26.2 Å². The molecule has 1 fully saturated rings. The van der Waals surface area contributed by atoms with Crippen LogP contribution in [0.4, 0.5) is 0 Å². The summed E-state index contributed by atoms with van der Waals surface area (Å²) < 4.78 is 5.76. The number of hydrogen-bond acceptors (Lipinski definition) is 3. The minimum atomic E-state index is 0.310. The van der Waals surface area contributed by atoms with Crippen LogP contribution in [0.25, 0.3) is 0 Å². The standard InChI is InChI=1S/C11H24N2O/c1-4-9(5-2)10(13-12)11-8(3)6-7-14-11/h8-11,13H,4-7,12H2,1-3H3. The molecule has 3 N–H and O–H groups in total. The van der Waals surface area contributed by atoms with E-state index in [0.717, 1.165) is 19.4 Å². The van der Waals surface area contributed by atoms with Crippen molar-refractivity contribution in [2.75, 3.05) is 6.61 Å². The van der Waals surface area contributed by atoms with Crippen LogP contribution in [-0.4, -0.2) is 18.8 Å². The van der Waals surface area contributed by atoms with E-state index in [1.165, 1.54) is 6.42 Å². The minimum Gasteiger partial charge on any atom is -0.376 e. The first-order valence-corrected chi connectivity index (χ1v) is 5.82. The zero-order valence-corrected chi connectivity index (χ0v) is 9.62. The maximum absolute atomic E-state index is 5.76. The molecule has 0 radical (unpaired) electrons. The highest BCUT2D eigenvalue weighted by Gasteiger charge is 2.34. The second kappa shape index (κ2) is 5.69. The van der Waals surface area contributed by atoms with E-state index in [1.807, 2.05) is 0 Å². The van der Waals surface area contributed by atoms with Crippen LogP contribution in [0.3, 0.4) is 0 Å². The molecule has 0 amide bonds. The summed E-state index contributed by atoms with van der Waals surface area (Å²) in [6.45, 7) is 7.59. The molecule has 3 heteroatoms. The molecule has 14 heavy (non-hydrogen) atoms. The van der Waals surface area contributed by atoms with Crippen molar-refractivity contribution in [2.24, 2.45) is 17.7 Å². The van der Waals surface area contributed by atoms with Gasteiger partial charge >= 0.3 is 0 Å². The lowest BCUT2D eigenvalue weighted by Crippen LogP contribution is -2.50. The maximum atomic E-state index is 5.76. The van der Waals surface area contributed by atoms with Crippen LogP contribution in [0.1, 0.15) is 40.0 Å². The normalized spacial score (nSPS) is 29.8. The molecule has 0 spiro atoms. The molecule has 3 atom stereocenters. The minimum absolute atomic E-state index is 0.310. The van der Waals surface area contributed by atoms with Crippen LogP contribution in [0.15, 0.2) is 0 Å². The molecule has 0 aliphatic carbocycles. The third kappa shape index (κ3) is 2.47. The summed E-state index contributed by atoms with van der Waals surface area (Å²) in [6, 6.07) is 0.322. The van der Waals surface area contributed by atoms with Gasteiger partial charge in [-0.15, -0.1) is 0 Å². The molecule has 0 saturated carbocycles. The van der Waals surface area contributed by atoms with Gasteiger partial charge in [-0.1, -0.05) is 33.6 Å². The Kier molecular flexibility index (Phi) is 4.85. The van der Waals surface area contributed by atoms with Crippen molar-refractivity contribution >= 4 is 0 Å². The van der Waals surface area contributed by atoms with Gasteiger partial charge in [-0.2, -0.15) is 0 Å². The number of nitrogens with one attached hydrogen (secondary N) is 1. The largest absolute Gasteiger partial charge is 0.376 e. The van der Waals surface area contributed by atoms with Crippen molar-refractivity contribution < 1.29 is 4.74 Å². The average molecular weight is 200 g/mol. The summed E-state index contributed by atoms with van der Waals surface area (Å²) in [6.07, 6.45) is 3.81. The molecule has 0 aromatic rings. The lowest BCUT2D eigenvalue weighted by Gasteiger charge is -2.31. The zero-order valence-electron chi connectivity index (χ0n) is 9.62. The Bertz CT molecular complexity index is 159. The van der Waals surface area contributed by atoms with Crippen molar-refractivity contribution in [1.82, 2.24) is 5.43 Å². The van der Waals surface area contributed by atoms with Gasteiger partial charge in [0.25, 0.3) is 0 Å². The zero-order chi connectivity index (χ0) is 10.6. The van der Waals surface area contributed by atoms with E-state index in [9.17, 15) is 0 Å². The fourth-order valence-electron chi connectivity index (χ4n) is 2.47. The molecule has 3 unspecified atom stereocenters. The van der Waals surface area contributed by atoms with E-state index in [4.69, 9.17) is 10.6 Å². The van der Waals surface area contributed by atoms with E-state index in [0.29, 0.717) is 24.0 Å². The third-order valence-corrected chi connectivity index (χ3v) is 3.55. The van der Waals surface area contributed by atoms with Crippen LogP contribution >= 0.6 is 0 Å². The second-order valence-electron chi connectivity index (χ2n) is 4.37. The fraction of sp³-hybridized carbons (Fsp3) is 1.00. The van der Waals surface area contributed by atoms with Gasteiger partial charge in [-0.25, -0.2) is 0 Å². The predicted octanol–water partition coefficient (Wildman–Crippen LogP) is 1.68. The second-order valence-corrected chi connectivity index (χ2v) is 4.37. The van der Waals surface area contributed by atoms with E-state index >= 15 is 0 Å². The maximum Gasteiger partial charge on any atom is 0.0770 e. The highest BCUT2D eigenvalue weighted by Crippen LogP contribution is 2.28. The lowest BCUT2D eigenvalue weighted by molar-refractivity contribution is 0.0390. The van der Waals surface area contributed by atoms with Crippen molar-refractivity contribution in [2.45, 2.75) is 52.2 Å². The van der Waals surface area contributed by atoms with Crippen molar-refractivity contribution in [1.29, 1.82) is 0 Å². The molecule has 84 valence electrons. The summed E-state index contributed by atoms with van der Waals surface area (Å²) in [5.41, 5.74) is 2.95. The van der Waals surface area contributed by atoms with E-state index in [-0.39, 0.29) is 0 Å². The Morgan fingerprint density at radius 1 is 1.43 bits per heavy atom. The topological polar surface area (TPSA) is 47.3 Å². The highest BCUT2D eigenvalue weighted by atomic mass is 16.5. The first kappa shape index (κ1) is 12.0. The number of ether oxygens (including phenoxy) is 1. The Hall–Kier alpha value is -0.120. The third-order valence-electron chi connectivity index (χ3n) is 3.55. The summed E-state index contributed by atoms with van der Waals surface area (Å²) in [5.74, 6) is 6.90. The molecular formula is C11H24N2O. The molecule has 1 aliphatic heterocycles. The summed E-state index contributed by atoms with van der Waals surface area (Å²) in [7, 11) is 0. The highest BCUT2D eigenvalue weighted by molar-refractivity contribution is 4.87. The van der Waals surface area contributed by atoms with Gasteiger partial charge in [0.15, 0.2) is 0 Å². The first-order valence-electron chi connectivity index (χ1n) is 5.82.